The van der Waals surface area contributed by atoms with Gasteiger partial charge in [0.15, 0.2) is 5.82 Å². The van der Waals surface area contributed by atoms with Crippen LogP contribution >= 0.6 is 23.2 Å². The summed E-state index contributed by atoms with van der Waals surface area (Å²) < 4.78 is 29.0. The average molecular weight is 494 g/mol. The molecule has 8 nitrogen and oxygen atoms in total. The Balaban J connectivity index is 1.51. The van der Waals surface area contributed by atoms with Crippen LogP contribution in [-0.4, -0.2) is 64.5 Å². The van der Waals surface area contributed by atoms with E-state index in [-0.39, 0.29) is 47.0 Å². The van der Waals surface area contributed by atoms with E-state index in [1.54, 1.807) is 28.0 Å². The first kappa shape index (κ1) is 22.7. The molecule has 4 rings (SSSR count). The summed E-state index contributed by atoms with van der Waals surface area (Å²) >= 11 is 12.1. The van der Waals surface area contributed by atoms with E-state index in [1.165, 1.54) is 16.4 Å². The van der Waals surface area contributed by atoms with Crippen molar-refractivity contribution in [2.75, 3.05) is 26.2 Å². The molecular weight excluding hydrogens is 473 g/mol. The number of sulfonamides is 1. The molecular formula is C21H21Cl2N5O3S. The molecule has 1 fully saturated rings. The molecule has 1 aromatic carbocycles. The van der Waals surface area contributed by atoms with Crippen LogP contribution in [-0.2, 0) is 16.4 Å². The average Bonchev–Trinajstić information content (AvgIpc) is 3.25. The summed E-state index contributed by atoms with van der Waals surface area (Å²) in [6.45, 7) is 2.79. The lowest BCUT2D eigenvalue weighted by atomic mass is 10.1. The molecule has 0 bridgehead atoms. The molecule has 3 heterocycles. The van der Waals surface area contributed by atoms with Gasteiger partial charge in [0.2, 0.25) is 10.0 Å². The van der Waals surface area contributed by atoms with E-state index in [9.17, 15) is 13.2 Å². The van der Waals surface area contributed by atoms with Gasteiger partial charge in [0.25, 0.3) is 5.91 Å². The number of carbonyl (C=O) groups excluding carboxylic acids is 1. The van der Waals surface area contributed by atoms with Gasteiger partial charge in [-0.3, -0.25) is 4.79 Å². The zero-order valence-electron chi connectivity index (χ0n) is 17.3. The lowest BCUT2D eigenvalue weighted by Gasteiger charge is -2.34. The Morgan fingerprint density at radius 2 is 1.81 bits per heavy atom. The molecule has 0 N–H and O–H groups in total. The molecule has 0 aliphatic carbocycles. The zero-order chi connectivity index (χ0) is 22.9. The van der Waals surface area contributed by atoms with E-state index in [1.807, 2.05) is 25.1 Å². The Hall–Kier alpha value is -2.46. The van der Waals surface area contributed by atoms with Crippen molar-refractivity contribution >= 4 is 39.1 Å². The molecule has 0 radical (unpaired) electrons. The van der Waals surface area contributed by atoms with Gasteiger partial charge in [-0.1, -0.05) is 42.3 Å². The van der Waals surface area contributed by atoms with Crippen LogP contribution in [0.5, 0.6) is 0 Å². The van der Waals surface area contributed by atoms with Crippen molar-refractivity contribution in [1.82, 2.24) is 24.0 Å². The Kier molecular flexibility index (Phi) is 6.52. The van der Waals surface area contributed by atoms with Gasteiger partial charge in [0.05, 0.1) is 27.5 Å². The fourth-order valence-corrected chi connectivity index (χ4v) is 5.85. The van der Waals surface area contributed by atoms with E-state index < -0.39 is 10.0 Å². The topological polar surface area (TPSA) is 88.4 Å². The van der Waals surface area contributed by atoms with Gasteiger partial charge < -0.3 is 4.90 Å². The maximum Gasteiger partial charge on any atom is 0.257 e. The van der Waals surface area contributed by atoms with Crippen molar-refractivity contribution in [2.45, 2.75) is 18.2 Å². The van der Waals surface area contributed by atoms with E-state index in [0.29, 0.717) is 17.8 Å². The van der Waals surface area contributed by atoms with Gasteiger partial charge >= 0.3 is 0 Å². The highest BCUT2D eigenvalue weighted by atomic mass is 35.5. The minimum atomic E-state index is -3.82. The molecule has 168 valence electrons. The summed E-state index contributed by atoms with van der Waals surface area (Å²) in [6.07, 6.45) is 3.81. The fraction of sp³-hybridized carbons (Fsp3) is 0.286. The van der Waals surface area contributed by atoms with Crippen LogP contribution in [0.3, 0.4) is 0 Å². The third-order valence-corrected chi connectivity index (χ3v) is 8.23. The third-order valence-electron chi connectivity index (χ3n) is 5.36. The number of nitrogens with zero attached hydrogens (tertiary/aromatic N) is 5. The van der Waals surface area contributed by atoms with Crippen LogP contribution in [0.2, 0.25) is 10.0 Å². The van der Waals surface area contributed by atoms with Crippen LogP contribution in [0.1, 0.15) is 23.0 Å². The molecule has 1 saturated heterocycles. The summed E-state index contributed by atoms with van der Waals surface area (Å²) in [5.74, 6) is 0.458. The first-order valence-electron chi connectivity index (χ1n) is 10.1. The van der Waals surface area contributed by atoms with E-state index in [0.717, 1.165) is 5.69 Å². The minimum absolute atomic E-state index is 0.00203. The van der Waals surface area contributed by atoms with Crippen molar-refractivity contribution < 1.29 is 13.2 Å². The Morgan fingerprint density at radius 3 is 2.47 bits per heavy atom. The smallest absolute Gasteiger partial charge is 0.257 e. The molecule has 0 unspecified atom stereocenters. The van der Waals surface area contributed by atoms with Gasteiger partial charge in [0, 0.05) is 32.4 Å². The first-order chi connectivity index (χ1) is 15.3. The van der Waals surface area contributed by atoms with Gasteiger partial charge in [-0.05, 0) is 30.7 Å². The number of halogens is 2. The van der Waals surface area contributed by atoms with Crippen molar-refractivity contribution in [3.63, 3.8) is 0 Å². The van der Waals surface area contributed by atoms with Gasteiger partial charge in [-0.2, -0.15) is 9.40 Å². The number of amides is 1. The number of piperazine rings is 1. The van der Waals surface area contributed by atoms with Crippen molar-refractivity contribution in [2.24, 2.45) is 0 Å². The molecule has 11 heteroatoms. The van der Waals surface area contributed by atoms with E-state index in [2.05, 4.69) is 10.1 Å². The molecule has 1 amide bonds. The van der Waals surface area contributed by atoms with Crippen LogP contribution < -0.4 is 0 Å². The number of hydrogen-bond donors (Lipinski definition) is 0. The maximum absolute atomic E-state index is 13.2. The maximum atomic E-state index is 13.2. The summed E-state index contributed by atoms with van der Waals surface area (Å²) in [5, 5.41) is 4.54. The second-order valence-electron chi connectivity index (χ2n) is 7.21. The lowest BCUT2D eigenvalue weighted by Crippen LogP contribution is -2.50. The van der Waals surface area contributed by atoms with Crippen molar-refractivity contribution in [3.05, 3.63) is 70.1 Å². The standard InChI is InChI=1S/C21H21Cl2N5O3S/c1-2-17-15(14-25-28(17)19-8-3-4-9-24-19)21(29)26-10-12-27(13-11-26)32(30,31)18-7-5-6-16(22)20(18)23/h3-9,14H,2,10-13H2,1H3. The van der Waals surface area contributed by atoms with E-state index in [4.69, 9.17) is 23.2 Å². The van der Waals surface area contributed by atoms with Crippen LogP contribution in [0.4, 0.5) is 0 Å². The van der Waals surface area contributed by atoms with Crippen LogP contribution in [0.15, 0.2) is 53.7 Å². The molecule has 0 saturated carbocycles. The third kappa shape index (κ3) is 4.13. The fourth-order valence-electron chi connectivity index (χ4n) is 3.69. The number of hydrogen-bond acceptors (Lipinski definition) is 5. The molecule has 0 spiro atoms. The summed E-state index contributed by atoms with van der Waals surface area (Å²) in [6, 6.07) is 10.0. The molecule has 1 aliphatic heterocycles. The molecule has 32 heavy (non-hydrogen) atoms. The van der Waals surface area contributed by atoms with Gasteiger partial charge in [-0.25, -0.2) is 18.1 Å². The monoisotopic (exact) mass is 493 g/mol. The number of benzene rings is 1. The molecule has 3 aromatic rings. The molecule has 2 aromatic heterocycles. The second-order valence-corrected chi connectivity index (χ2v) is 9.90. The highest BCUT2D eigenvalue weighted by molar-refractivity contribution is 7.89. The summed E-state index contributed by atoms with van der Waals surface area (Å²) in [7, 11) is -3.82. The number of aromatic nitrogens is 3. The number of rotatable bonds is 5. The van der Waals surface area contributed by atoms with Crippen LogP contribution in [0, 0.1) is 0 Å². The normalized spacial score (nSPS) is 15.2. The quantitative estimate of drug-likeness (QED) is 0.543. The Morgan fingerprint density at radius 1 is 1.06 bits per heavy atom. The zero-order valence-corrected chi connectivity index (χ0v) is 19.6. The van der Waals surface area contributed by atoms with Crippen LogP contribution in [0.25, 0.3) is 5.82 Å². The molecule has 0 atom stereocenters. The van der Waals surface area contributed by atoms with Crippen molar-refractivity contribution in [1.29, 1.82) is 0 Å². The Labute approximate surface area is 196 Å². The van der Waals surface area contributed by atoms with Gasteiger partial charge in [-0.15, -0.1) is 0 Å². The van der Waals surface area contributed by atoms with Gasteiger partial charge in [0.1, 0.15) is 4.90 Å². The highest BCUT2D eigenvalue weighted by Crippen LogP contribution is 2.31. The minimum Gasteiger partial charge on any atom is -0.336 e. The predicted octanol–water partition coefficient (Wildman–Crippen LogP) is 3.28. The van der Waals surface area contributed by atoms with Crippen molar-refractivity contribution in [3.8, 4) is 5.82 Å². The first-order valence-corrected chi connectivity index (χ1v) is 12.3. The predicted molar refractivity (Wildman–Crippen MR) is 122 cm³/mol. The SMILES string of the molecule is CCc1c(C(=O)N2CCN(S(=O)(=O)c3cccc(Cl)c3Cl)CC2)cnn1-c1ccccn1. The summed E-state index contributed by atoms with van der Waals surface area (Å²) in [5.41, 5.74) is 1.25. The van der Waals surface area contributed by atoms with E-state index >= 15 is 0 Å². The number of carbonyl (C=O) groups is 1. The largest absolute Gasteiger partial charge is 0.336 e. The second kappa shape index (κ2) is 9.19. The highest BCUT2D eigenvalue weighted by Gasteiger charge is 2.33. The number of pyridine rings is 1. The Bertz CT molecular complexity index is 1240. The lowest BCUT2D eigenvalue weighted by molar-refractivity contribution is 0.0696. The molecule has 1 aliphatic rings. The summed E-state index contributed by atoms with van der Waals surface area (Å²) in [4.78, 5) is 19.1.